The van der Waals surface area contributed by atoms with Gasteiger partial charge in [0, 0.05) is 72.8 Å². The molecule has 1 saturated heterocycles. The van der Waals surface area contributed by atoms with Gasteiger partial charge in [-0.3, -0.25) is 14.5 Å². The molecule has 1 fully saturated rings. The molecular formula is C18H18ClN5O2. The smallest absolute Gasteiger partial charge is 0.290 e. The van der Waals surface area contributed by atoms with E-state index in [1.54, 1.807) is 24.4 Å². The largest absolute Gasteiger partial charge is 0.357 e. The topological polar surface area (TPSA) is 85.1 Å². The standard InChI is InChI=1S/C18H18ClN5O2/c19-12-1-2-15-14(9-12)16(25)10-13(22-15)11-23-5-7-24(8-6-23)17-18(26)21-4-3-20-17/h1-4,9-10H,5-8,11H2,(H,21,26)(H,22,25). The first-order valence-corrected chi connectivity index (χ1v) is 8.80. The number of piperazine rings is 1. The third-order valence-electron chi connectivity index (χ3n) is 4.60. The zero-order chi connectivity index (χ0) is 18.1. The molecule has 26 heavy (non-hydrogen) atoms. The SMILES string of the molecule is O=c1[nH]ccnc1N1CCN(Cc2cc(=O)c3cc(Cl)ccc3[nH]2)CC1. The minimum atomic E-state index is -0.168. The molecule has 4 rings (SSSR count). The Balaban J connectivity index is 1.47. The van der Waals surface area contributed by atoms with Crippen LogP contribution >= 0.6 is 11.6 Å². The molecule has 2 aromatic heterocycles. The fraction of sp³-hybridized carbons (Fsp3) is 0.278. The fourth-order valence-corrected chi connectivity index (χ4v) is 3.46. The Morgan fingerprint density at radius 2 is 1.92 bits per heavy atom. The molecule has 8 heteroatoms. The molecule has 0 bridgehead atoms. The van der Waals surface area contributed by atoms with Crippen LogP contribution in [0.4, 0.5) is 5.82 Å². The third-order valence-corrected chi connectivity index (χ3v) is 4.84. The van der Waals surface area contributed by atoms with Gasteiger partial charge in [0.1, 0.15) is 0 Å². The number of anilines is 1. The molecule has 1 aliphatic rings. The Morgan fingerprint density at radius 3 is 2.69 bits per heavy atom. The summed E-state index contributed by atoms with van der Waals surface area (Å²) in [5.74, 6) is 0.461. The molecule has 3 aromatic rings. The number of nitrogens with zero attached hydrogens (tertiary/aromatic N) is 3. The summed E-state index contributed by atoms with van der Waals surface area (Å²) in [5, 5.41) is 1.15. The quantitative estimate of drug-likeness (QED) is 0.730. The summed E-state index contributed by atoms with van der Waals surface area (Å²) in [6.07, 6.45) is 3.13. The lowest BCUT2D eigenvalue weighted by Crippen LogP contribution is -2.47. The van der Waals surface area contributed by atoms with Crippen LogP contribution in [0.3, 0.4) is 0 Å². The van der Waals surface area contributed by atoms with E-state index < -0.39 is 0 Å². The van der Waals surface area contributed by atoms with Crippen molar-refractivity contribution in [2.75, 3.05) is 31.1 Å². The van der Waals surface area contributed by atoms with E-state index in [4.69, 9.17) is 11.6 Å². The monoisotopic (exact) mass is 371 g/mol. The van der Waals surface area contributed by atoms with Gasteiger partial charge in [-0.2, -0.15) is 0 Å². The summed E-state index contributed by atoms with van der Waals surface area (Å²) in [6, 6.07) is 6.91. The average molecular weight is 372 g/mol. The minimum Gasteiger partial charge on any atom is -0.357 e. The van der Waals surface area contributed by atoms with Crippen molar-refractivity contribution in [3.05, 3.63) is 68.0 Å². The number of rotatable bonds is 3. The van der Waals surface area contributed by atoms with Crippen LogP contribution in [0.25, 0.3) is 10.9 Å². The molecule has 0 amide bonds. The molecule has 0 aliphatic carbocycles. The van der Waals surface area contributed by atoms with Crippen LogP contribution in [0.2, 0.25) is 5.02 Å². The molecule has 134 valence electrons. The van der Waals surface area contributed by atoms with E-state index in [0.717, 1.165) is 24.3 Å². The van der Waals surface area contributed by atoms with Crippen molar-refractivity contribution in [1.29, 1.82) is 0 Å². The Hall–Kier alpha value is -2.64. The van der Waals surface area contributed by atoms with Crippen molar-refractivity contribution in [2.24, 2.45) is 0 Å². The second-order valence-corrected chi connectivity index (χ2v) is 6.79. The van der Waals surface area contributed by atoms with Crippen LogP contribution in [0.1, 0.15) is 5.69 Å². The Morgan fingerprint density at radius 1 is 1.12 bits per heavy atom. The number of nitrogens with one attached hydrogen (secondary N) is 2. The van der Waals surface area contributed by atoms with Gasteiger partial charge in [-0.15, -0.1) is 0 Å². The molecule has 0 saturated carbocycles. The number of H-pyrrole nitrogens is 2. The highest BCUT2D eigenvalue weighted by Gasteiger charge is 2.20. The number of aromatic nitrogens is 3. The van der Waals surface area contributed by atoms with Crippen molar-refractivity contribution in [1.82, 2.24) is 19.9 Å². The van der Waals surface area contributed by atoms with Gasteiger partial charge in [0.05, 0.1) is 0 Å². The molecule has 2 N–H and O–H groups in total. The van der Waals surface area contributed by atoms with Gasteiger partial charge in [0.2, 0.25) is 0 Å². The summed E-state index contributed by atoms with van der Waals surface area (Å²) in [4.78, 5) is 38.5. The molecule has 0 unspecified atom stereocenters. The van der Waals surface area contributed by atoms with E-state index in [1.807, 2.05) is 11.0 Å². The highest BCUT2D eigenvalue weighted by Crippen LogP contribution is 2.16. The molecule has 0 atom stereocenters. The molecular weight excluding hydrogens is 354 g/mol. The Kier molecular flexibility index (Phi) is 4.48. The number of hydrogen-bond donors (Lipinski definition) is 2. The summed E-state index contributed by atoms with van der Waals surface area (Å²) in [7, 11) is 0. The number of fused-ring (bicyclic) bond motifs is 1. The van der Waals surface area contributed by atoms with E-state index in [9.17, 15) is 9.59 Å². The highest BCUT2D eigenvalue weighted by atomic mass is 35.5. The van der Waals surface area contributed by atoms with Gasteiger partial charge in [-0.1, -0.05) is 11.6 Å². The molecule has 0 radical (unpaired) electrons. The van der Waals surface area contributed by atoms with Crippen LogP contribution in [0.5, 0.6) is 0 Å². The van der Waals surface area contributed by atoms with Crippen LogP contribution in [-0.4, -0.2) is 46.0 Å². The number of hydrogen-bond acceptors (Lipinski definition) is 5. The molecule has 7 nitrogen and oxygen atoms in total. The van der Waals surface area contributed by atoms with Crippen molar-refractivity contribution in [2.45, 2.75) is 6.54 Å². The van der Waals surface area contributed by atoms with Crippen LogP contribution in [0.15, 0.2) is 46.2 Å². The first kappa shape index (κ1) is 16.8. The van der Waals surface area contributed by atoms with Gasteiger partial charge in [-0.05, 0) is 18.2 Å². The first-order chi connectivity index (χ1) is 12.6. The number of halogens is 1. The maximum absolute atomic E-state index is 12.3. The minimum absolute atomic E-state index is 0.0325. The van der Waals surface area contributed by atoms with E-state index in [2.05, 4.69) is 19.9 Å². The van der Waals surface area contributed by atoms with Crippen LogP contribution in [-0.2, 0) is 6.54 Å². The molecule has 3 heterocycles. The van der Waals surface area contributed by atoms with Crippen molar-refractivity contribution in [3.63, 3.8) is 0 Å². The Bertz CT molecular complexity index is 1050. The van der Waals surface area contributed by atoms with E-state index in [-0.39, 0.29) is 11.0 Å². The van der Waals surface area contributed by atoms with E-state index in [0.29, 0.717) is 35.9 Å². The predicted molar refractivity (Wildman–Crippen MR) is 102 cm³/mol. The molecule has 1 aliphatic heterocycles. The zero-order valence-electron chi connectivity index (χ0n) is 14.0. The molecule has 1 aromatic carbocycles. The first-order valence-electron chi connectivity index (χ1n) is 8.42. The lowest BCUT2D eigenvalue weighted by Gasteiger charge is -2.34. The highest BCUT2D eigenvalue weighted by molar-refractivity contribution is 6.31. The number of pyridine rings is 1. The van der Waals surface area contributed by atoms with Gasteiger partial charge in [0.15, 0.2) is 11.2 Å². The third kappa shape index (κ3) is 3.36. The van der Waals surface area contributed by atoms with Crippen molar-refractivity contribution >= 4 is 28.3 Å². The molecule has 0 spiro atoms. The second-order valence-electron chi connectivity index (χ2n) is 6.35. The summed E-state index contributed by atoms with van der Waals surface area (Å²) < 4.78 is 0. The van der Waals surface area contributed by atoms with Gasteiger partial charge < -0.3 is 14.9 Å². The normalized spacial score (nSPS) is 15.5. The maximum atomic E-state index is 12.3. The van der Waals surface area contributed by atoms with Crippen LogP contribution in [0, 0.1) is 0 Å². The average Bonchev–Trinajstić information content (AvgIpc) is 2.64. The Labute approximate surface area is 154 Å². The second kappa shape index (κ2) is 6.93. The summed E-state index contributed by atoms with van der Waals surface area (Å²) >= 11 is 5.97. The summed E-state index contributed by atoms with van der Waals surface area (Å²) in [6.45, 7) is 3.66. The van der Waals surface area contributed by atoms with Gasteiger partial charge >= 0.3 is 0 Å². The van der Waals surface area contributed by atoms with Crippen molar-refractivity contribution < 1.29 is 0 Å². The van der Waals surface area contributed by atoms with E-state index >= 15 is 0 Å². The maximum Gasteiger partial charge on any atom is 0.290 e. The fourth-order valence-electron chi connectivity index (χ4n) is 3.29. The lowest BCUT2D eigenvalue weighted by atomic mass is 10.2. The van der Waals surface area contributed by atoms with E-state index in [1.165, 1.54) is 6.20 Å². The lowest BCUT2D eigenvalue weighted by molar-refractivity contribution is 0.246. The van der Waals surface area contributed by atoms with Crippen molar-refractivity contribution in [3.8, 4) is 0 Å². The zero-order valence-corrected chi connectivity index (χ0v) is 14.8. The van der Waals surface area contributed by atoms with Gasteiger partial charge in [0.25, 0.3) is 5.56 Å². The van der Waals surface area contributed by atoms with Crippen LogP contribution < -0.4 is 15.9 Å². The van der Waals surface area contributed by atoms with Gasteiger partial charge in [-0.25, -0.2) is 4.98 Å². The number of benzene rings is 1. The number of aromatic amines is 2. The predicted octanol–water partition coefficient (Wildman–Crippen LogP) is 1.59. The summed E-state index contributed by atoms with van der Waals surface area (Å²) in [5.41, 5.74) is 1.46.